The fourth-order valence-electron chi connectivity index (χ4n) is 3.95. The maximum Gasteiger partial charge on any atom is 0.401 e. The number of benzene rings is 1. The molecule has 2 atom stereocenters. The number of carbonyl (C=O) groups excluding carboxylic acids is 1. The van der Waals surface area contributed by atoms with Gasteiger partial charge in [-0.1, -0.05) is 12.1 Å². The molecule has 33 heavy (non-hydrogen) atoms. The van der Waals surface area contributed by atoms with Crippen molar-refractivity contribution >= 4 is 22.7 Å². The summed E-state index contributed by atoms with van der Waals surface area (Å²) in [6.07, 6.45) is 1.17. The van der Waals surface area contributed by atoms with E-state index in [0.29, 0.717) is 30.1 Å². The molecule has 1 fully saturated rings. The van der Waals surface area contributed by atoms with Crippen molar-refractivity contribution in [3.63, 3.8) is 0 Å². The Morgan fingerprint density at radius 3 is 2.52 bits per heavy atom. The molecule has 4 rings (SSSR count). The first kappa shape index (κ1) is 23.7. The molecule has 1 N–H and O–H groups in total. The third-order valence-electron chi connectivity index (χ3n) is 5.62. The van der Waals surface area contributed by atoms with Crippen molar-refractivity contribution in [2.45, 2.75) is 30.6 Å². The van der Waals surface area contributed by atoms with E-state index in [-0.39, 0.29) is 25.0 Å². The molecule has 0 aromatic heterocycles. The van der Waals surface area contributed by atoms with Crippen molar-refractivity contribution in [1.29, 1.82) is 0 Å². The fraction of sp³-hybridized carbons (Fsp3) is 0.455. The summed E-state index contributed by atoms with van der Waals surface area (Å²) in [7, 11) is -1.44. The van der Waals surface area contributed by atoms with Gasteiger partial charge in [-0.05, 0) is 36.8 Å². The van der Waals surface area contributed by atoms with Gasteiger partial charge in [0.25, 0.3) is 5.91 Å². The molecule has 3 aliphatic heterocycles. The van der Waals surface area contributed by atoms with Gasteiger partial charge in [0.1, 0.15) is 16.8 Å². The number of rotatable bonds is 6. The smallest absolute Gasteiger partial charge is 0.348 e. The van der Waals surface area contributed by atoms with E-state index in [2.05, 4.69) is 10.3 Å². The minimum atomic E-state index is -4.22. The van der Waals surface area contributed by atoms with Gasteiger partial charge in [0.05, 0.1) is 23.1 Å². The van der Waals surface area contributed by atoms with Gasteiger partial charge in [-0.15, -0.1) is 0 Å². The molecule has 1 aromatic carbocycles. The number of aliphatic imine (C=N–C) groups is 1. The highest BCUT2D eigenvalue weighted by Crippen LogP contribution is 2.20. The molecule has 1 amide bonds. The molecule has 3 aliphatic rings. The van der Waals surface area contributed by atoms with Gasteiger partial charge in [0, 0.05) is 45.5 Å². The lowest BCUT2D eigenvalue weighted by molar-refractivity contribution is -0.148. The molecule has 0 spiro atoms. The Kier molecular flexibility index (Phi) is 7.01. The first-order chi connectivity index (χ1) is 15.7. The summed E-state index contributed by atoms with van der Waals surface area (Å²) < 4.78 is 52.1. The monoisotopic (exact) mass is 481 g/mol. The summed E-state index contributed by atoms with van der Waals surface area (Å²) in [5, 5.41) is 2.89. The second-order valence-corrected chi connectivity index (χ2v) is 9.79. The number of piperazine rings is 1. The Balaban J connectivity index is 1.26. The van der Waals surface area contributed by atoms with Gasteiger partial charge in [0.2, 0.25) is 0 Å². The van der Waals surface area contributed by atoms with E-state index in [1.54, 1.807) is 40.8 Å². The summed E-state index contributed by atoms with van der Waals surface area (Å²) in [6.45, 7) is 3.24. The number of hydrogen-bond acceptors (Lipinski definition) is 5. The quantitative estimate of drug-likeness (QED) is 0.676. The van der Waals surface area contributed by atoms with Crippen LogP contribution in [0.15, 0.2) is 58.1 Å². The van der Waals surface area contributed by atoms with Crippen molar-refractivity contribution in [3.05, 3.63) is 53.8 Å². The van der Waals surface area contributed by atoms with Crippen molar-refractivity contribution in [1.82, 2.24) is 19.4 Å². The number of nitrogens with zero attached hydrogens (tertiary/aromatic N) is 4. The van der Waals surface area contributed by atoms with E-state index in [1.807, 2.05) is 17.9 Å². The summed E-state index contributed by atoms with van der Waals surface area (Å²) in [5.74, 6) is 0.679. The molecule has 1 saturated heterocycles. The van der Waals surface area contributed by atoms with Gasteiger partial charge in [-0.2, -0.15) is 13.2 Å². The average Bonchev–Trinajstić information content (AvgIpc) is 3.16. The maximum absolute atomic E-state index is 12.8. The third-order valence-corrected chi connectivity index (χ3v) is 7.13. The molecule has 1 aromatic rings. The summed E-state index contributed by atoms with van der Waals surface area (Å²) in [5.41, 5.74) is 1.42. The lowest BCUT2D eigenvalue weighted by Gasteiger charge is -2.33. The highest BCUT2D eigenvalue weighted by Gasteiger charge is 2.33. The molecular weight excluding hydrogens is 455 g/mol. The van der Waals surface area contributed by atoms with Crippen molar-refractivity contribution in [2.24, 2.45) is 4.99 Å². The number of nitrogens with one attached hydrogen (secondary N) is 1. The zero-order valence-corrected chi connectivity index (χ0v) is 19.0. The average molecular weight is 482 g/mol. The van der Waals surface area contributed by atoms with E-state index in [4.69, 9.17) is 0 Å². The van der Waals surface area contributed by atoms with Crippen molar-refractivity contribution in [3.8, 4) is 0 Å². The Morgan fingerprint density at radius 2 is 1.85 bits per heavy atom. The van der Waals surface area contributed by atoms with E-state index < -0.39 is 23.7 Å². The maximum atomic E-state index is 12.8. The van der Waals surface area contributed by atoms with Crippen LogP contribution in [-0.4, -0.2) is 81.5 Å². The summed E-state index contributed by atoms with van der Waals surface area (Å²) in [6, 6.07) is 7.26. The molecule has 2 unspecified atom stereocenters. The zero-order chi connectivity index (χ0) is 23.6. The van der Waals surface area contributed by atoms with Crippen LogP contribution >= 0.6 is 0 Å². The first-order valence-electron chi connectivity index (χ1n) is 10.8. The number of alkyl halides is 3. The Labute approximate surface area is 193 Å². The van der Waals surface area contributed by atoms with Crippen LogP contribution in [0.3, 0.4) is 0 Å². The summed E-state index contributed by atoms with van der Waals surface area (Å²) >= 11 is 0. The molecular formula is C22H26F3N5O2S. The minimum absolute atomic E-state index is 0.186. The second-order valence-electron chi connectivity index (χ2n) is 8.30. The Morgan fingerprint density at radius 1 is 1.15 bits per heavy atom. The van der Waals surface area contributed by atoms with Crippen LogP contribution in [0, 0.1) is 0 Å². The van der Waals surface area contributed by atoms with Crippen molar-refractivity contribution < 1.29 is 22.2 Å². The van der Waals surface area contributed by atoms with Gasteiger partial charge in [-0.25, -0.2) is 8.51 Å². The minimum Gasteiger partial charge on any atom is -0.348 e. The van der Waals surface area contributed by atoms with E-state index in [9.17, 15) is 22.2 Å². The Bertz CT molecular complexity index is 998. The number of carbonyl (C=O) groups is 1. The number of amidine groups is 1. The SMILES string of the molecule is CC1CN2C=C(C(=O)NCc3ccc(S(=O)N4CCN(CC(F)(F)F)CC4)cc3)C=CC2=N1. The predicted molar refractivity (Wildman–Crippen MR) is 120 cm³/mol. The lowest BCUT2D eigenvalue weighted by atomic mass is 10.1. The third kappa shape index (κ3) is 6.10. The van der Waals surface area contributed by atoms with Crippen LogP contribution in [0.1, 0.15) is 12.5 Å². The van der Waals surface area contributed by atoms with E-state index >= 15 is 0 Å². The Hall–Kier alpha value is -2.50. The zero-order valence-electron chi connectivity index (χ0n) is 18.2. The van der Waals surface area contributed by atoms with E-state index in [1.165, 1.54) is 4.90 Å². The van der Waals surface area contributed by atoms with E-state index in [0.717, 1.165) is 17.9 Å². The highest BCUT2D eigenvalue weighted by molar-refractivity contribution is 7.82. The fourth-order valence-corrected chi connectivity index (χ4v) is 5.11. The molecule has 7 nitrogen and oxygen atoms in total. The second kappa shape index (κ2) is 9.78. The van der Waals surface area contributed by atoms with Crippen LogP contribution in [0.5, 0.6) is 0 Å². The van der Waals surface area contributed by atoms with Gasteiger partial charge >= 0.3 is 6.18 Å². The van der Waals surface area contributed by atoms with Crippen LogP contribution in [-0.2, 0) is 22.3 Å². The van der Waals surface area contributed by atoms with Gasteiger partial charge in [0.15, 0.2) is 0 Å². The topological polar surface area (TPSA) is 68.2 Å². The number of amides is 1. The molecule has 11 heteroatoms. The molecule has 0 saturated carbocycles. The normalized spacial score (nSPS) is 22.5. The largest absolute Gasteiger partial charge is 0.401 e. The van der Waals surface area contributed by atoms with Crippen LogP contribution in [0.25, 0.3) is 0 Å². The highest BCUT2D eigenvalue weighted by atomic mass is 32.2. The number of hydrogen-bond donors (Lipinski definition) is 1. The molecule has 0 bridgehead atoms. The number of halogens is 3. The lowest BCUT2D eigenvalue weighted by Crippen LogP contribution is -2.49. The van der Waals surface area contributed by atoms with Gasteiger partial charge < -0.3 is 10.2 Å². The molecule has 178 valence electrons. The predicted octanol–water partition coefficient (Wildman–Crippen LogP) is 2.06. The summed E-state index contributed by atoms with van der Waals surface area (Å²) in [4.78, 5) is 20.9. The van der Waals surface area contributed by atoms with Crippen molar-refractivity contribution in [2.75, 3.05) is 39.3 Å². The molecule has 0 radical (unpaired) electrons. The molecule has 3 heterocycles. The number of fused-ring (bicyclic) bond motifs is 1. The van der Waals surface area contributed by atoms with Crippen LogP contribution in [0.4, 0.5) is 13.2 Å². The first-order valence-corrected chi connectivity index (χ1v) is 11.9. The van der Waals surface area contributed by atoms with Crippen LogP contribution in [0.2, 0.25) is 0 Å². The van der Waals surface area contributed by atoms with Gasteiger partial charge in [-0.3, -0.25) is 14.7 Å². The standard InChI is InChI=1S/C22H26F3N5O2S/c1-16-13-29-14-18(4-7-20(29)27-16)21(31)26-12-17-2-5-19(6-3-17)33(32)30-10-8-28(9-11-30)15-22(23,24)25/h2-7,14,16H,8-13,15H2,1H3,(H,26,31). The molecule has 0 aliphatic carbocycles. The van der Waals surface area contributed by atoms with Crippen LogP contribution < -0.4 is 5.32 Å².